The summed E-state index contributed by atoms with van der Waals surface area (Å²) < 4.78 is 6.74. The van der Waals surface area contributed by atoms with E-state index in [0.717, 1.165) is 18.7 Å². The summed E-state index contributed by atoms with van der Waals surface area (Å²) in [5.74, 6) is 1.28. The van der Waals surface area contributed by atoms with E-state index in [9.17, 15) is 0 Å². The fourth-order valence-electron chi connectivity index (χ4n) is 1.75. The monoisotopic (exact) mass is 235 g/mol. The molecule has 6 heteroatoms. The Kier molecular flexibility index (Phi) is 3.53. The number of nitrogens with zero attached hydrogens (tertiary/aromatic N) is 4. The molecular formula is C11H17N5O. The molecule has 0 saturated heterocycles. The van der Waals surface area contributed by atoms with Crippen LogP contribution in [0, 0.1) is 6.92 Å². The Balaban J connectivity index is 1.89. The molecule has 1 N–H and O–H groups in total. The number of hydrogen-bond acceptors (Lipinski definition) is 5. The zero-order chi connectivity index (χ0) is 12.3. The van der Waals surface area contributed by atoms with Gasteiger partial charge in [-0.15, -0.1) is 0 Å². The van der Waals surface area contributed by atoms with Gasteiger partial charge in [0.1, 0.15) is 0 Å². The molecule has 17 heavy (non-hydrogen) atoms. The standard InChI is InChI=1S/C11H17N5O/c1-4-10-9(7-16(3)14-10)5-12-6-11-13-8(2)17-15-11/h7,12H,4-6H2,1-3H3. The number of rotatable bonds is 5. The predicted molar refractivity (Wildman–Crippen MR) is 62.2 cm³/mol. The molecule has 0 fully saturated rings. The highest BCUT2D eigenvalue weighted by Gasteiger charge is 2.06. The Bertz CT molecular complexity index is 488. The van der Waals surface area contributed by atoms with Gasteiger partial charge in [0.05, 0.1) is 12.2 Å². The molecule has 2 rings (SSSR count). The van der Waals surface area contributed by atoms with Crippen LogP contribution in [-0.4, -0.2) is 19.9 Å². The summed E-state index contributed by atoms with van der Waals surface area (Å²) in [7, 11) is 1.94. The summed E-state index contributed by atoms with van der Waals surface area (Å²) >= 11 is 0. The summed E-state index contributed by atoms with van der Waals surface area (Å²) in [6.45, 7) is 5.27. The number of hydrogen-bond donors (Lipinski definition) is 1. The second kappa shape index (κ2) is 5.09. The van der Waals surface area contributed by atoms with Crippen LogP contribution >= 0.6 is 0 Å². The van der Waals surface area contributed by atoms with Crippen molar-refractivity contribution in [3.05, 3.63) is 29.2 Å². The first-order valence-corrected chi connectivity index (χ1v) is 5.70. The first-order valence-electron chi connectivity index (χ1n) is 5.70. The van der Waals surface area contributed by atoms with Crippen molar-refractivity contribution in [2.45, 2.75) is 33.4 Å². The summed E-state index contributed by atoms with van der Waals surface area (Å²) in [6.07, 6.45) is 2.98. The summed E-state index contributed by atoms with van der Waals surface area (Å²) in [6, 6.07) is 0. The van der Waals surface area contributed by atoms with Gasteiger partial charge < -0.3 is 9.84 Å². The van der Waals surface area contributed by atoms with Crippen LogP contribution in [0.4, 0.5) is 0 Å². The Hall–Kier alpha value is -1.69. The average Bonchev–Trinajstić information content (AvgIpc) is 2.85. The van der Waals surface area contributed by atoms with E-state index in [1.54, 1.807) is 6.92 Å². The van der Waals surface area contributed by atoms with Gasteiger partial charge in [0.15, 0.2) is 5.82 Å². The van der Waals surface area contributed by atoms with Crippen LogP contribution in [0.5, 0.6) is 0 Å². The van der Waals surface area contributed by atoms with Crippen LogP contribution in [0.2, 0.25) is 0 Å². The molecule has 0 radical (unpaired) electrons. The van der Waals surface area contributed by atoms with Crippen LogP contribution < -0.4 is 5.32 Å². The van der Waals surface area contributed by atoms with E-state index < -0.39 is 0 Å². The van der Waals surface area contributed by atoms with Crippen molar-refractivity contribution < 1.29 is 4.52 Å². The SMILES string of the molecule is CCc1nn(C)cc1CNCc1noc(C)n1. The van der Waals surface area contributed by atoms with Crippen LogP contribution in [0.25, 0.3) is 0 Å². The first-order chi connectivity index (χ1) is 8.19. The molecule has 2 aromatic rings. The van der Waals surface area contributed by atoms with Crippen molar-refractivity contribution in [1.82, 2.24) is 25.2 Å². The zero-order valence-corrected chi connectivity index (χ0v) is 10.4. The molecule has 2 aromatic heterocycles. The molecule has 0 aliphatic heterocycles. The van der Waals surface area contributed by atoms with Gasteiger partial charge in [-0.25, -0.2) is 0 Å². The maximum atomic E-state index is 4.90. The van der Waals surface area contributed by atoms with Crippen molar-refractivity contribution in [2.24, 2.45) is 7.05 Å². The topological polar surface area (TPSA) is 68.8 Å². The van der Waals surface area contributed by atoms with Gasteiger partial charge >= 0.3 is 0 Å². The quantitative estimate of drug-likeness (QED) is 0.836. The van der Waals surface area contributed by atoms with Crippen LogP contribution in [0.3, 0.4) is 0 Å². The first kappa shape index (κ1) is 11.8. The van der Waals surface area contributed by atoms with Crippen molar-refractivity contribution in [3.8, 4) is 0 Å². The van der Waals surface area contributed by atoms with Gasteiger partial charge in [0.2, 0.25) is 5.89 Å². The highest BCUT2D eigenvalue weighted by Crippen LogP contribution is 2.06. The Morgan fingerprint density at radius 3 is 2.88 bits per heavy atom. The summed E-state index contributed by atoms with van der Waals surface area (Å²) in [5.41, 5.74) is 2.35. The summed E-state index contributed by atoms with van der Waals surface area (Å²) in [4.78, 5) is 4.13. The van der Waals surface area contributed by atoms with Crippen LogP contribution in [-0.2, 0) is 26.6 Å². The molecule has 0 bridgehead atoms. The Labute approximate surface area is 100 Å². The minimum Gasteiger partial charge on any atom is -0.340 e. The molecule has 2 heterocycles. The van der Waals surface area contributed by atoms with Crippen molar-refractivity contribution in [1.29, 1.82) is 0 Å². The van der Waals surface area contributed by atoms with Gasteiger partial charge in [-0.3, -0.25) is 4.68 Å². The minimum atomic E-state index is 0.595. The van der Waals surface area contributed by atoms with E-state index >= 15 is 0 Å². The van der Waals surface area contributed by atoms with E-state index in [4.69, 9.17) is 4.52 Å². The molecule has 6 nitrogen and oxygen atoms in total. The summed E-state index contributed by atoms with van der Waals surface area (Å²) in [5, 5.41) is 11.5. The number of aromatic nitrogens is 4. The van der Waals surface area contributed by atoms with E-state index in [0.29, 0.717) is 18.3 Å². The second-order valence-electron chi connectivity index (χ2n) is 3.96. The smallest absolute Gasteiger partial charge is 0.223 e. The van der Waals surface area contributed by atoms with Crippen LogP contribution in [0.1, 0.15) is 29.9 Å². The van der Waals surface area contributed by atoms with Crippen LogP contribution in [0.15, 0.2) is 10.7 Å². The third kappa shape index (κ3) is 2.91. The second-order valence-corrected chi connectivity index (χ2v) is 3.96. The highest BCUT2D eigenvalue weighted by molar-refractivity contribution is 5.16. The van der Waals surface area contributed by atoms with Crippen molar-refractivity contribution in [2.75, 3.05) is 0 Å². The van der Waals surface area contributed by atoms with Gasteiger partial charge in [-0.2, -0.15) is 10.1 Å². The molecule has 92 valence electrons. The number of aryl methyl sites for hydroxylation is 3. The molecule has 0 aromatic carbocycles. The molecule has 0 amide bonds. The maximum absolute atomic E-state index is 4.90. The Morgan fingerprint density at radius 2 is 2.24 bits per heavy atom. The van der Waals surface area contributed by atoms with Crippen molar-refractivity contribution in [3.63, 3.8) is 0 Å². The fraction of sp³-hybridized carbons (Fsp3) is 0.545. The lowest BCUT2D eigenvalue weighted by atomic mass is 10.2. The highest BCUT2D eigenvalue weighted by atomic mass is 16.5. The predicted octanol–water partition coefficient (Wildman–Crippen LogP) is 0.964. The molecule has 0 spiro atoms. The average molecular weight is 235 g/mol. The number of nitrogens with one attached hydrogen (secondary N) is 1. The van der Waals surface area contributed by atoms with Crippen molar-refractivity contribution >= 4 is 0 Å². The lowest BCUT2D eigenvalue weighted by Crippen LogP contribution is -2.14. The minimum absolute atomic E-state index is 0.595. The molecule has 0 aliphatic rings. The van der Waals surface area contributed by atoms with E-state index in [1.807, 2.05) is 17.9 Å². The fourth-order valence-corrected chi connectivity index (χ4v) is 1.75. The van der Waals surface area contributed by atoms with Gasteiger partial charge in [0, 0.05) is 32.3 Å². The molecular weight excluding hydrogens is 218 g/mol. The normalized spacial score (nSPS) is 11.0. The lowest BCUT2D eigenvalue weighted by molar-refractivity contribution is 0.385. The third-order valence-corrected chi connectivity index (χ3v) is 2.49. The molecule has 0 atom stereocenters. The Morgan fingerprint density at radius 1 is 1.41 bits per heavy atom. The van der Waals surface area contributed by atoms with E-state index in [-0.39, 0.29) is 0 Å². The molecule has 0 aliphatic carbocycles. The zero-order valence-electron chi connectivity index (χ0n) is 10.4. The van der Waals surface area contributed by atoms with Gasteiger partial charge in [-0.1, -0.05) is 12.1 Å². The molecule has 0 unspecified atom stereocenters. The maximum Gasteiger partial charge on any atom is 0.223 e. The van der Waals surface area contributed by atoms with E-state index in [2.05, 4.69) is 27.5 Å². The van der Waals surface area contributed by atoms with E-state index in [1.165, 1.54) is 5.56 Å². The van der Waals surface area contributed by atoms with Gasteiger partial charge in [-0.05, 0) is 6.42 Å². The third-order valence-electron chi connectivity index (χ3n) is 2.49. The molecule has 0 saturated carbocycles. The largest absolute Gasteiger partial charge is 0.340 e. The lowest BCUT2D eigenvalue weighted by Gasteiger charge is -2.00. The van der Waals surface area contributed by atoms with Gasteiger partial charge in [0.25, 0.3) is 0 Å².